The fourth-order valence-corrected chi connectivity index (χ4v) is 8.90. The van der Waals surface area contributed by atoms with E-state index in [1.54, 1.807) is 0 Å². The van der Waals surface area contributed by atoms with Crippen LogP contribution in [0.15, 0.2) is 121 Å². The molecule has 3 N–H and O–H groups in total. The van der Waals surface area contributed by atoms with E-state index in [2.05, 4.69) is 4.90 Å². The molecule has 0 bridgehead atoms. The van der Waals surface area contributed by atoms with Gasteiger partial charge in [-0.05, 0) is 92.2 Å². The first kappa shape index (κ1) is 39.6. The Labute approximate surface area is 322 Å². The first-order chi connectivity index (χ1) is 26.6. The second-order valence-corrected chi connectivity index (χ2v) is 15.1. The van der Waals surface area contributed by atoms with Gasteiger partial charge in [-0.1, -0.05) is 103 Å². The average molecular weight is 775 g/mol. The predicted octanol–water partition coefficient (Wildman–Crippen LogP) is 9.54. The molecule has 2 aliphatic heterocycles. The summed E-state index contributed by atoms with van der Waals surface area (Å²) < 4.78 is 81.3. The van der Waals surface area contributed by atoms with Crippen molar-refractivity contribution in [3.8, 4) is 5.75 Å². The minimum atomic E-state index is -4.62. The van der Waals surface area contributed by atoms with Crippen molar-refractivity contribution in [3.05, 3.63) is 171 Å². The monoisotopic (exact) mass is 774 g/mol. The van der Waals surface area contributed by atoms with Crippen LogP contribution < -0.4 is 0 Å². The Morgan fingerprint density at radius 2 is 0.839 bits per heavy atom. The van der Waals surface area contributed by atoms with Crippen molar-refractivity contribution in [1.29, 1.82) is 0 Å². The van der Waals surface area contributed by atoms with Crippen LogP contribution in [-0.2, 0) is 36.6 Å². The molecular weight excluding hydrogens is 730 g/mol. The van der Waals surface area contributed by atoms with E-state index in [1.807, 2.05) is 84.6 Å². The van der Waals surface area contributed by atoms with E-state index in [9.17, 15) is 41.7 Å². The Bertz CT molecular complexity index is 2010. The van der Waals surface area contributed by atoms with Crippen molar-refractivity contribution in [1.82, 2.24) is 9.80 Å². The first-order valence-corrected chi connectivity index (χ1v) is 18.8. The summed E-state index contributed by atoms with van der Waals surface area (Å²) in [6.07, 6.45) is -6.69. The number of rotatable bonds is 10. The van der Waals surface area contributed by atoms with Crippen LogP contribution in [0, 0.1) is 6.92 Å². The number of likely N-dealkylation sites (tertiary alicyclic amines) is 2. The number of aliphatic hydroxyl groups is 2. The minimum Gasteiger partial charge on any atom is -0.507 e. The first-order valence-electron chi connectivity index (χ1n) is 18.8. The summed E-state index contributed by atoms with van der Waals surface area (Å²) in [5.41, 5.74) is -1.27. The highest BCUT2D eigenvalue weighted by atomic mass is 19.4. The van der Waals surface area contributed by atoms with Crippen LogP contribution in [0.5, 0.6) is 5.75 Å². The zero-order valence-electron chi connectivity index (χ0n) is 30.9. The van der Waals surface area contributed by atoms with Crippen molar-refractivity contribution >= 4 is 0 Å². The Morgan fingerprint density at radius 3 is 1.18 bits per heavy atom. The van der Waals surface area contributed by atoms with Gasteiger partial charge in [-0.15, -0.1) is 0 Å². The number of aryl methyl sites for hydroxylation is 1. The van der Waals surface area contributed by atoms with Crippen molar-refractivity contribution in [2.45, 2.75) is 81.3 Å². The molecule has 0 aliphatic carbocycles. The van der Waals surface area contributed by atoms with E-state index >= 15 is 0 Å². The largest absolute Gasteiger partial charge is 0.507 e. The Balaban J connectivity index is 1.21. The third-order valence-electron chi connectivity index (χ3n) is 11.6. The third-order valence-corrected chi connectivity index (χ3v) is 11.6. The molecule has 2 heterocycles. The Hall–Kier alpha value is -4.68. The average Bonchev–Trinajstić information content (AvgIpc) is 3.86. The molecule has 56 heavy (non-hydrogen) atoms. The smallest absolute Gasteiger partial charge is 0.416 e. The fourth-order valence-electron chi connectivity index (χ4n) is 8.90. The fraction of sp³-hybridized carbons (Fsp3) is 0.333. The molecule has 5 aromatic carbocycles. The maximum Gasteiger partial charge on any atom is 0.416 e. The number of hydrogen-bond acceptors (Lipinski definition) is 5. The highest BCUT2D eigenvalue weighted by Gasteiger charge is 2.48. The van der Waals surface area contributed by atoms with Crippen LogP contribution in [-0.4, -0.2) is 50.3 Å². The van der Waals surface area contributed by atoms with Crippen molar-refractivity contribution in [3.63, 3.8) is 0 Å². The third kappa shape index (κ3) is 7.57. The van der Waals surface area contributed by atoms with Gasteiger partial charge in [-0.2, -0.15) is 26.3 Å². The molecule has 2 fully saturated rings. The van der Waals surface area contributed by atoms with Gasteiger partial charge in [0.05, 0.1) is 11.1 Å². The number of aromatic hydroxyl groups is 1. The standard InChI is InChI=1S/C45H44F6N2O3/c1-30-26-31(28-52-24-8-14-39(52)42(55,33-10-4-2-5-11-33)34-12-6-3-7-13-34)41(54)32(27-30)29-53-25-9-15-40(53)43(56,35-16-20-37(21-17-35)44(46,47)48)36-18-22-38(23-19-36)45(49,50)51/h2-7,10-13,16-23,26-27,39-40,54-56H,8-9,14-15,24-25,28-29H2,1H3/t39-,40-/m1/s1. The topological polar surface area (TPSA) is 67.2 Å². The molecule has 294 valence electrons. The lowest BCUT2D eigenvalue weighted by Gasteiger charge is -2.41. The number of benzene rings is 5. The summed E-state index contributed by atoms with van der Waals surface area (Å²) in [4.78, 5) is 4.14. The SMILES string of the molecule is Cc1cc(CN2CCC[C@@H]2C(O)(c2ccccc2)c2ccccc2)c(O)c(CN2CCC[C@@H]2C(O)(c2ccc(C(F)(F)F)cc2)c2ccc(C(F)(F)F)cc2)c1. The van der Waals surface area contributed by atoms with Gasteiger partial charge in [0.25, 0.3) is 0 Å². The predicted molar refractivity (Wildman–Crippen MR) is 201 cm³/mol. The number of halogens is 6. The Kier molecular flexibility index (Phi) is 10.8. The molecule has 2 saturated heterocycles. The van der Waals surface area contributed by atoms with E-state index in [-0.39, 0.29) is 29.5 Å². The molecule has 5 aromatic rings. The van der Waals surface area contributed by atoms with Gasteiger partial charge >= 0.3 is 12.4 Å². The summed E-state index contributed by atoms with van der Waals surface area (Å²) in [6.45, 7) is 3.58. The number of phenolic OH excluding ortho intramolecular Hbond substituents is 1. The molecule has 0 amide bonds. The lowest BCUT2D eigenvalue weighted by Crippen LogP contribution is -2.48. The maximum atomic E-state index is 13.6. The van der Waals surface area contributed by atoms with Crippen LogP contribution >= 0.6 is 0 Å². The maximum absolute atomic E-state index is 13.6. The molecule has 0 aromatic heterocycles. The zero-order valence-corrected chi connectivity index (χ0v) is 30.9. The van der Waals surface area contributed by atoms with Gasteiger partial charge in [0.2, 0.25) is 0 Å². The molecule has 0 radical (unpaired) electrons. The second-order valence-electron chi connectivity index (χ2n) is 15.1. The van der Waals surface area contributed by atoms with E-state index in [1.165, 1.54) is 24.3 Å². The molecule has 2 aliphatic rings. The summed E-state index contributed by atoms with van der Waals surface area (Å²) in [5, 5.41) is 37.2. The lowest BCUT2D eigenvalue weighted by molar-refractivity contribution is -0.138. The number of alkyl halides is 6. The molecular formula is C45H44F6N2O3. The van der Waals surface area contributed by atoms with Crippen LogP contribution in [0.1, 0.15) is 75.8 Å². The molecule has 11 heteroatoms. The molecule has 2 atom stereocenters. The molecule has 0 unspecified atom stereocenters. The minimum absolute atomic E-state index is 0.0578. The summed E-state index contributed by atoms with van der Waals surface area (Å²) >= 11 is 0. The van der Waals surface area contributed by atoms with Crippen molar-refractivity contribution in [2.24, 2.45) is 0 Å². The van der Waals surface area contributed by atoms with Crippen LogP contribution in [0.4, 0.5) is 26.3 Å². The summed E-state index contributed by atoms with van der Waals surface area (Å²) in [6, 6.07) is 30.0. The molecule has 7 rings (SSSR count). The normalized spacial score (nSPS) is 18.8. The molecule has 0 spiro atoms. The van der Waals surface area contributed by atoms with Crippen LogP contribution in [0.2, 0.25) is 0 Å². The van der Waals surface area contributed by atoms with E-state index in [0.717, 1.165) is 53.8 Å². The zero-order chi connectivity index (χ0) is 39.9. The van der Waals surface area contributed by atoms with Crippen molar-refractivity contribution < 1.29 is 41.7 Å². The van der Waals surface area contributed by atoms with Gasteiger partial charge < -0.3 is 15.3 Å². The van der Waals surface area contributed by atoms with Crippen LogP contribution in [0.3, 0.4) is 0 Å². The van der Waals surface area contributed by atoms with Gasteiger partial charge in [0.15, 0.2) is 0 Å². The van der Waals surface area contributed by atoms with Crippen molar-refractivity contribution in [2.75, 3.05) is 13.1 Å². The number of phenols is 1. The molecule has 5 nitrogen and oxygen atoms in total. The lowest BCUT2D eigenvalue weighted by atomic mass is 9.78. The van der Waals surface area contributed by atoms with Gasteiger partial charge in [-0.3, -0.25) is 9.80 Å². The van der Waals surface area contributed by atoms with Gasteiger partial charge in [-0.25, -0.2) is 0 Å². The highest BCUT2D eigenvalue weighted by Crippen LogP contribution is 2.45. The second kappa shape index (κ2) is 15.3. The number of hydrogen-bond donors (Lipinski definition) is 3. The van der Waals surface area contributed by atoms with E-state index < -0.39 is 40.7 Å². The van der Waals surface area contributed by atoms with Gasteiger partial charge in [0, 0.05) is 36.3 Å². The quantitative estimate of drug-likeness (QED) is 0.124. The molecule has 0 saturated carbocycles. The van der Waals surface area contributed by atoms with Crippen LogP contribution in [0.25, 0.3) is 0 Å². The van der Waals surface area contributed by atoms with E-state index in [4.69, 9.17) is 0 Å². The van der Waals surface area contributed by atoms with Gasteiger partial charge in [0.1, 0.15) is 17.0 Å². The highest BCUT2D eigenvalue weighted by molar-refractivity contribution is 5.46. The summed E-state index contributed by atoms with van der Waals surface area (Å²) in [7, 11) is 0. The Morgan fingerprint density at radius 1 is 0.518 bits per heavy atom. The number of nitrogens with zero attached hydrogens (tertiary/aromatic N) is 2. The van der Waals surface area contributed by atoms with E-state index in [0.29, 0.717) is 43.6 Å². The summed E-state index contributed by atoms with van der Waals surface area (Å²) in [5.74, 6) is 0.0578.